The van der Waals surface area contributed by atoms with Gasteiger partial charge in [0.2, 0.25) is 0 Å². The van der Waals surface area contributed by atoms with Gasteiger partial charge in [-0.3, -0.25) is 4.79 Å². The monoisotopic (exact) mass is 282 g/mol. The molecule has 0 aromatic heterocycles. The summed E-state index contributed by atoms with van der Waals surface area (Å²) >= 11 is 5.63. The lowest BCUT2D eigenvalue weighted by Crippen LogP contribution is -2.09. The number of carbonyl (C=O) groups is 1. The van der Waals surface area contributed by atoms with Gasteiger partial charge in [0, 0.05) is 11.6 Å². The molecule has 0 aliphatic heterocycles. The Morgan fingerprint density at radius 1 is 1.44 bits per heavy atom. The number of rotatable bonds is 5. The third-order valence-corrected chi connectivity index (χ3v) is 2.25. The second-order valence-electron chi connectivity index (χ2n) is 3.23. The first-order chi connectivity index (χ1) is 8.43. The van der Waals surface area contributed by atoms with Crippen LogP contribution in [0, 0.1) is 5.82 Å². The van der Waals surface area contributed by atoms with Crippen molar-refractivity contribution >= 4 is 17.6 Å². The molecule has 18 heavy (non-hydrogen) atoms. The summed E-state index contributed by atoms with van der Waals surface area (Å²) in [6.45, 7) is -1.32. The minimum atomic E-state index is -3.10. The van der Waals surface area contributed by atoms with E-state index in [9.17, 15) is 18.0 Å². The molecule has 0 saturated carbocycles. The van der Waals surface area contributed by atoms with E-state index in [1.807, 2.05) is 0 Å². The van der Waals surface area contributed by atoms with Gasteiger partial charge in [-0.05, 0) is 13.0 Å². The Kier molecular flexibility index (Phi) is 5.27. The molecule has 0 aliphatic carbocycles. The van der Waals surface area contributed by atoms with Crippen LogP contribution in [0.15, 0.2) is 12.1 Å². The number of esters is 1. The van der Waals surface area contributed by atoms with Crippen LogP contribution in [0.4, 0.5) is 13.2 Å². The molecule has 7 heteroatoms. The lowest BCUT2D eigenvalue weighted by atomic mass is 10.1. The molecule has 0 atom stereocenters. The smallest absolute Gasteiger partial charge is 0.387 e. The highest BCUT2D eigenvalue weighted by molar-refractivity contribution is 6.32. The molecule has 0 aliphatic rings. The molecule has 3 nitrogen and oxygen atoms in total. The van der Waals surface area contributed by atoms with Gasteiger partial charge in [0.1, 0.15) is 11.6 Å². The highest BCUT2D eigenvalue weighted by Crippen LogP contribution is 2.29. The Labute approximate surface area is 106 Å². The van der Waals surface area contributed by atoms with Crippen LogP contribution < -0.4 is 4.74 Å². The van der Waals surface area contributed by atoms with Crippen molar-refractivity contribution in [1.82, 2.24) is 0 Å². The normalized spacial score (nSPS) is 10.6. The molecular formula is C11H10ClF3O3. The second kappa shape index (κ2) is 6.49. The van der Waals surface area contributed by atoms with Crippen LogP contribution in [-0.2, 0) is 16.0 Å². The molecule has 0 fully saturated rings. The van der Waals surface area contributed by atoms with E-state index in [0.717, 1.165) is 6.07 Å². The summed E-state index contributed by atoms with van der Waals surface area (Å²) in [5.74, 6) is -1.96. The predicted molar refractivity (Wildman–Crippen MR) is 58.4 cm³/mol. The Hall–Kier alpha value is -1.43. The molecule has 0 radical (unpaired) electrons. The summed E-state index contributed by atoms with van der Waals surface area (Å²) in [5.41, 5.74) is -0.0416. The number of alkyl halides is 2. The topological polar surface area (TPSA) is 35.5 Å². The van der Waals surface area contributed by atoms with Gasteiger partial charge < -0.3 is 9.47 Å². The van der Waals surface area contributed by atoms with Crippen molar-refractivity contribution in [2.24, 2.45) is 0 Å². The van der Waals surface area contributed by atoms with E-state index in [-0.39, 0.29) is 23.6 Å². The third-order valence-electron chi connectivity index (χ3n) is 1.96. The molecule has 100 valence electrons. The number of halogens is 4. The molecular weight excluding hydrogens is 273 g/mol. The van der Waals surface area contributed by atoms with E-state index in [1.165, 1.54) is 0 Å². The lowest BCUT2D eigenvalue weighted by Gasteiger charge is -2.09. The van der Waals surface area contributed by atoms with E-state index < -0.39 is 24.1 Å². The fourth-order valence-corrected chi connectivity index (χ4v) is 1.49. The zero-order valence-electron chi connectivity index (χ0n) is 9.38. The predicted octanol–water partition coefficient (Wildman–Crippen LogP) is 3.19. The van der Waals surface area contributed by atoms with Crippen LogP contribution in [0.2, 0.25) is 5.02 Å². The van der Waals surface area contributed by atoms with Crippen molar-refractivity contribution in [3.63, 3.8) is 0 Å². The maximum absolute atomic E-state index is 13.5. The fourth-order valence-electron chi connectivity index (χ4n) is 1.26. The Balaban J connectivity index is 2.89. The fraction of sp³-hybridized carbons (Fsp3) is 0.364. The van der Waals surface area contributed by atoms with Crippen molar-refractivity contribution in [3.05, 3.63) is 28.5 Å². The third kappa shape index (κ3) is 4.10. The summed E-state index contributed by atoms with van der Waals surface area (Å²) in [7, 11) is 0. The summed E-state index contributed by atoms with van der Waals surface area (Å²) in [6.07, 6.45) is -0.325. The standard InChI is InChI=1S/C11H10ClF3O3/c1-2-17-10(16)4-6-3-7(12)9(5-8(6)13)18-11(14)15/h3,5,11H,2,4H2,1H3. The average molecular weight is 283 g/mol. The van der Waals surface area contributed by atoms with Crippen LogP contribution in [0.25, 0.3) is 0 Å². The number of ether oxygens (including phenoxy) is 2. The first-order valence-corrected chi connectivity index (χ1v) is 5.40. The lowest BCUT2D eigenvalue weighted by molar-refractivity contribution is -0.142. The van der Waals surface area contributed by atoms with Crippen molar-refractivity contribution < 1.29 is 27.4 Å². The zero-order valence-corrected chi connectivity index (χ0v) is 10.1. The van der Waals surface area contributed by atoms with Crippen molar-refractivity contribution in [2.45, 2.75) is 20.0 Å². The van der Waals surface area contributed by atoms with Crippen LogP contribution in [0.5, 0.6) is 5.75 Å². The summed E-state index contributed by atoms with van der Waals surface area (Å²) in [6, 6.07) is 1.77. The average Bonchev–Trinajstić information content (AvgIpc) is 2.25. The van der Waals surface area contributed by atoms with Gasteiger partial charge in [0.05, 0.1) is 18.1 Å². The molecule has 0 spiro atoms. The SMILES string of the molecule is CCOC(=O)Cc1cc(Cl)c(OC(F)F)cc1F. The molecule has 0 unspecified atom stereocenters. The summed E-state index contributed by atoms with van der Waals surface area (Å²) in [4.78, 5) is 11.2. The van der Waals surface area contributed by atoms with Crippen LogP contribution in [0.3, 0.4) is 0 Å². The van der Waals surface area contributed by atoms with E-state index in [1.54, 1.807) is 6.92 Å². The molecule has 0 N–H and O–H groups in total. The Morgan fingerprint density at radius 3 is 2.67 bits per heavy atom. The van der Waals surface area contributed by atoms with E-state index in [0.29, 0.717) is 6.07 Å². The highest BCUT2D eigenvalue weighted by Gasteiger charge is 2.15. The van der Waals surface area contributed by atoms with Gasteiger partial charge >= 0.3 is 12.6 Å². The van der Waals surface area contributed by atoms with E-state index in [4.69, 9.17) is 11.6 Å². The Bertz CT molecular complexity index is 438. The first-order valence-electron chi connectivity index (χ1n) is 5.02. The second-order valence-corrected chi connectivity index (χ2v) is 3.64. The van der Waals surface area contributed by atoms with Gasteiger partial charge in [-0.2, -0.15) is 8.78 Å². The molecule has 0 heterocycles. The maximum atomic E-state index is 13.5. The molecule has 0 amide bonds. The van der Waals surface area contributed by atoms with Crippen LogP contribution in [-0.4, -0.2) is 19.2 Å². The summed E-state index contributed by atoms with van der Waals surface area (Å²) < 4.78 is 46.1. The van der Waals surface area contributed by atoms with Crippen LogP contribution >= 0.6 is 11.6 Å². The molecule has 1 aromatic carbocycles. The van der Waals surface area contributed by atoms with Crippen molar-refractivity contribution in [1.29, 1.82) is 0 Å². The maximum Gasteiger partial charge on any atom is 0.387 e. The van der Waals surface area contributed by atoms with Gasteiger partial charge in [-0.15, -0.1) is 0 Å². The molecule has 0 saturated heterocycles. The largest absolute Gasteiger partial charge is 0.466 e. The highest BCUT2D eigenvalue weighted by atomic mass is 35.5. The van der Waals surface area contributed by atoms with E-state index >= 15 is 0 Å². The number of hydrogen-bond acceptors (Lipinski definition) is 3. The number of hydrogen-bond donors (Lipinski definition) is 0. The van der Waals surface area contributed by atoms with Crippen molar-refractivity contribution in [3.8, 4) is 5.75 Å². The first kappa shape index (κ1) is 14.6. The Morgan fingerprint density at radius 2 is 2.11 bits per heavy atom. The summed E-state index contributed by atoms with van der Waals surface area (Å²) in [5, 5.41) is -0.198. The van der Waals surface area contributed by atoms with Gasteiger partial charge in [-0.1, -0.05) is 11.6 Å². The van der Waals surface area contributed by atoms with Gasteiger partial charge in [0.25, 0.3) is 0 Å². The van der Waals surface area contributed by atoms with Crippen molar-refractivity contribution in [2.75, 3.05) is 6.61 Å². The van der Waals surface area contributed by atoms with E-state index in [2.05, 4.69) is 9.47 Å². The quantitative estimate of drug-likeness (QED) is 0.778. The molecule has 0 bridgehead atoms. The minimum Gasteiger partial charge on any atom is -0.466 e. The number of carbonyl (C=O) groups excluding carboxylic acids is 1. The number of benzene rings is 1. The van der Waals surface area contributed by atoms with Crippen LogP contribution in [0.1, 0.15) is 12.5 Å². The molecule has 1 rings (SSSR count). The zero-order chi connectivity index (χ0) is 13.7. The molecule has 1 aromatic rings. The van der Waals surface area contributed by atoms with Gasteiger partial charge in [-0.25, -0.2) is 4.39 Å². The minimum absolute atomic E-state index is 0.0416. The van der Waals surface area contributed by atoms with Gasteiger partial charge in [0.15, 0.2) is 0 Å².